The number of aromatic nitrogens is 1. The van der Waals surface area contributed by atoms with Gasteiger partial charge < -0.3 is 19.5 Å². The summed E-state index contributed by atoms with van der Waals surface area (Å²) < 4.78 is 15.7. The largest absolute Gasteiger partial charge is 0.465 e. The molecule has 1 saturated heterocycles. The lowest BCUT2D eigenvalue weighted by Gasteiger charge is -2.22. The van der Waals surface area contributed by atoms with Crippen LogP contribution in [0.5, 0.6) is 0 Å². The van der Waals surface area contributed by atoms with Crippen LogP contribution in [-0.2, 0) is 14.2 Å². The lowest BCUT2D eigenvalue weighted by atomic mass is 10.2. The summed E-state index contributed by atoms with van der Waals surface area (Å²) in [5.41, 5.74) is 1.12. The van der Waals surface area contributed by atoms with Gasteiger partial charge in [-0.1, -0.05) is 0 Å². The van der Waals surface area contributed by atoms with E-state index in [-0.39, 0.29) is 5.97 Å². The van der Waals surface area contributed by atoms with Gasteiger partial charge in [0, 0.05) is 13.0 Å². The van der Waals surface area contributed by atoms with E-state index in [1.807, 2.05) is 6.92 Å². The number of methoxy groups -OCH3 is 1. The Bertz CT molecular complexity index is 484. The van der Waals surface area contributed by atoms with Crippen molar-refractivity contribution >= 4 is 11.8 Å². The summed E-state index contributed by atoms with van der Waals surface area (Å²) in [6.07, 6.45) is 0.729. The molecule has 1 aliphatic heterocycles. The van der Waals surface area contributed by atoms with E-state index in [9.17, 15) is 4.79 Å². The van der Waals surface area contributed by atoms with Crippen LogP contribution in [0.4, 0.5) is 5.82 Å². The molecule has 0 aliphatic carbocycles. The zero-order valence-corrected chi connectivity index (χ0v) is 12.1. The van der Waals surface area contributed by atoms with Gasteiger partial charge in [-0.25, -0.2) is 9.78 Å². The predicted octanol–water partition coefficient (Wildman–Crippen LogP) is 1.74. The second-order valence-corrected chi connectivity index (χ2v) is 4.83. The molecule has 110 valence electrons. The average molecular weight is 280 g/mol. The highest BCUT2D eigenvalue weighted by molar-refractivity contribution is 5.90. The summed E-state index contributed by atoms with van der Waals surface area (Å²) in [5.74, 6) is -0.160. The Morgan fingerprint density at radius 1 is 1.45 bits per heavy atom. The van der Waals surface area contributed by atoms with Gasteiger partial charge in [-0.05, 0) is 26.0 Å². The molecule has 2 heterocycles. The van der Waals surface area contributed by atoms with Crippen molar-refractivity contribution in [2.75, 3.05) is 32.2 Å². The van der Waals surface area contributed by atoms with E-state index in [4.69, 9.17) is 9.47 Å². The molecule has 0 radical (unpaired) electrons. The highest BCUT2D eigenvalue weighted by atomic mass is 16.7. The van der Waals surface area contributed by atoms with Crippen LogP contribution in [0.1, 0.15) is 29.4 Å². The van der Waals surface area contributed by atoms with Crippen LogP contribution in [0.2, 0.25) is 0 Å². The highest BCUT2D eigenvalue weighted by Gasteiger charge is 2.30. The van der Waals surface area contributed by atoms with Crippen molar-refractivity contribution in [3.63, 3.8) is 0 Å². The quantitative estimate of drug-likeness (QED) is 0.829. The number of carbonyl (C=O) groups excluding carboxylic acids is 1. The number of nitrogens with zero attached hydrogens (tertiary/aromatic N) is 1. The maximum absolute atomic E-state index is 11.5. The first-order valence-electron chi connectivity index (χ1n) is 6.62. The van der Waals surface area contributed by atoms with Crippen LogP contribution in [0, 0.1) is 6.92 Å². The highest BCUT2D eigenvalue weighted by Crippen LogP contribution is 2.22. The predicted molar refractivity (Wildman–Crippen MR) is 73.7 cm³/mol. The number of nitrogens with one attached hydrogen (secondary N) is 1. The number of hydrogen-bond acceptors (Lipinski definition) is 6. The maximum atomic E-state index is 11.5. The molecule has 6 heteroatoms. The summed E-state index contributed by atoms with van der Waals surface area (Å²) in [4.78, 5) is 15.8. The van der Waals surface area contributed by atoms with Gasteiger partial charge >= 0.3 is 5.97 Å². The van der Waals surface area contributed by atoms with Crippen molar-refractivity contribution in [2.24, 2.45) is 0 Å². The van der Waals surface area contributed by atoms with Crippen LogP contribution in [0.25, 0.3) is 0 Å². The minimum absolute atomic E-state index is 0.373. The number of anilines is 1. The van der Waals surface area contributed by atoms with Crippen LogP contribution in [0.3, 0.4) is 0 Å². The standard InChI is InChI=1S/C14H20N2O4/c1-10-11(13(17)18-3)4-5-12(16-10)15-7-6-14(2)19-8-9-20-14/h4-5H,6-9H2,1-3H3,(H,15,16). The monoisotopic (exact) mass is 280 g/mol. The fourth-order valence-corrected chi connectivity index (χ4v) is 2.10. The van der Waals surface area contributed by atoms with E-state index < -0.39 is 5.79 Å². The first-order valence-corrected chi connectivity index (χ1v) is 6.62. The van der Waals surface area contributed by atoms with Crippen molar-refractivity contribution in [1.82, 2.24) is 4.98 Å². The smallest absolute Gasteiger partial charge is 0.339 e. The molecular formula is C14H20N2O4. The number of aryl methyl sites for hydroxylation is 1. The van der Waals surface area contributed by atoms with Crippen LogP contribution in [0.15, 0.2) is 12.1 Å². The van der Waals surface area contributed by atoms with Gasteiger partial charge in [0.1, 0.15) is 5.82 Å². The molecule has 1 N–H and O–H groups in total. The molecule has 0 bridgehead atoms. The second kappa shape index (κ2) is 6.19. The molecule has 2 rings (SSSR count). The SMILES string of the molecule is COC(=O)c1ccc(NCCC2(C)OCCO2)nc1C. The molecule has 0 spiro atoms. The molecule has 1 aromatic heterocycles. The molecule has 0 saturated carbocycles. The summed E-state index contributed by atoms with van der Waals surface area (Å²) >= 11 is 0. The third-order valence-electron chi connectivity index (χ3n) is 3.27. The molecule has 1 aliphatic rings. The van der Waals surface area contributed by atoms with Crippen LogP contribution >= 0.6 is 0 Å². The molecule has 0 amide bonds. The van der Waals surface area contributed by atoms with Gasteiger partial charge in [0.05, 0.1) is 31.6 Å². The second-order valence-electron chi connectivity index (χ2n) is 4.83. The Morgan fingerprint density at radius 2 is 2.15 bits per heavy atom. The molecule has 20 heavy (non-hydrogen) atoms. The molecular weight excluding hydrogens is 260 g/mol. The lowest BCUT2D eigenvalue weighted by Crippen LogP contribution is -2.28. The molecule has 0 unspecified atom stereocenters. The fraction of sp³-hybridized carbons (Fsp3) is 0.571. The minimum atomic E-state index is -0.506. The van der Waals surface area contributed by atoms with Gasteiger partial charge in [-0.15, -0.1) is 0 Å². The number of ether oxygens (including phenoxy) is 3. The number of pyridine rings is 1. The molecule has 1 aromatic rings. The number of hydrogen-bond donors (Lipinski definition) is 1. The van der Waals surface area contributed by atoms with E-state index in [0.717, 1.165) is 12.2 Å². The van der Waals surface area contributed by atoms with Crippen molar-refractivity contribution in [3.05, 3.63) is 23.4 Å². The van der Waals surface area contributed by atoms with E-state index in [0.29, 0.717) is 31.0 Å². The zero-order valence-electron chi connectivity index (χ0n) is 12.1. The van der Waals surface area contributed by atoms with E-state index in [1.54, 1.807) is 19.1 Å². The lowest BCUT2D eigenvalue weighted by molar-refractivity contribution is -0.144. The third-order valence-corrected chi connectivity index (χ3v) is 3.27. The van der Waals surface area contributed by atoms with E-state index >= 15 is 0 Å². The Balaban J connectivity index is 1.90. The topological polar surface area (TPSA) is 69.7 Å². The molecule has 6 nitrogen and oxygen atoms in total. The Kier molecular flexibility index (Phi) is 4.57. The van der Waals surface area contributed by atoms with E-state index in [2.05, 4.69) is 15.0 Å². The van der Waals surface area contributed by atoms with E-state index in [1.165, 1.54) is 7.11 Å². The summed E-state index contributed by atoms with van der Waals surface area (Å²) in [5, 5.41) is 3.20. The van der Waals surface area contributed by atoms with Gasteiger partial charge in [-0.3, -0.25) is 0 Å². The van der Waals surface area contributed by atoms with Gasteiger partial charge in [0.2, 0.25) is 0 Å². The zero-order chi connectivity index (χ0) is 14.6. The first kappa shape index (κ1) is 14.7. The maximum Gasteiger partial charge on any atom is 0.339 e. The minimum Gasteiger partial charge on any atom is -0.465 e. The Labute approximate surface area is 118 Å². The number of esters is 1. The van der Waals surface area contributed by atoms with Crippen molar-refractivity contribution in [1.29, 1.82) is 0 Å². The molecule has 1 fully saturated rings. The Hall–Kier alpha value is -1.66. The van der Waals surface area contributed by atoms with Crippen LogP contribution < -0.4 is 5.32 Å². The average Bonchev–Trinajstić information content (AvgIpc) is 2.85. The van der Waals surface area contributed by atoms with Crippen LogP contribution in [-0.4, -0.2) is 43.6 Å². The molecule has 0 aromatic carbocycles. The van der Waals surface area contributed by atoms with Gasteiger partial charge in [0.25, 0.3) is 0 Å². The summed E-state index contributed by atoms with van der Waals surface area (Å²) in [6, 6.07) is 3.47. The number of rotatable bonds is 5. The normalized spacial score (nSPS) is 16.9. The number of carbonyl (C=O) groups is 1. The fourth-order valence-electron chi connectivity index (χ4n) is 2.10. The Morgan fingerprint density at radius 3 is 2.75 bits per heavy atom. The molecule has 0 atom stereocenters. The van der Waals surface area contributed by atoms with Gasteiger partial charge in [0.15, 0.2) is 5.79 Å². The van der Waals surface area contributed by atoms with Crippen molar-refractivity contribution < 1.29 is 19.0 Å². The van der Waals surface area contributed by atoms with Crippen molar-refractivity contribution in [2.45, 2.75) is 26.1 Å². The third kappa shape index (κ3) is 3.46. The first-order chi connectivity index (χ1) is 9.54. The summed E-state index contributed by atoms with van der Waals surface area (Å²) in [7, 11) is 1.36. The van der Waals surface area contributed by atoms with Gasteiger partial charge in [-0.2, -0.15) is 0 Å². The van der Waals surface area contributed by atoms with Crippen molar-refractivity contribution in [3.8, 4) is 0 Å². The summed E-state index contributed by atoms with van der Waals surface area (Å²) in [6.45, 7) is 5.67.